The summed E-state index contributed by atoms with van der Waals surface area (Å²) < 4.78 is 0.843. The van der Waals surface area contributed by atoms with Crippen LogP contribution in [0.4, 0.5) is 0 Å². The summed E-state index contributed by atoms with van der Waals surface area (Å²) >= 11 is 3.26. The van der Waals surface area contributed by atoms with Crippen LogP contribution in [0.2, 0.25) is 0 Å². The second-order valence-electron chi connectivity index (χ2n) is 4.11. The fraction of sp³-hybridized carbons (Fsp3) is 0.0667. The third-order valence-electron chi connectivity index (χ3n) is 2.68. The molecular formula is C15H12BrNO3. The van der Waals surface area contributed by atoms with Gasteiger partial charge in [-0.2, -0.15) is 0 Å². The van der Waals surface area contributed by atoms with Crippen LogP contribution in [0.5, 0.6) is 0 Å². The molecule has 1 amide bonds. The molecule has 20 heavy (non-hydrogen) atoms. The van der Waals surface area contributed by atoms with Gasteiger partial charge in [0.15, 0.2) is 6.23 Å². The summed E-state index contributed by atoms with van der Waals surface area (Å²) in [5.74, 6) is -1.05. The van der Waals surface area contributed by atoms with Gasteiger partial charge in [-0.25, -0.2) is 0 Å². The Morgan fingerprint density at radius 1 is 0.950 bits per heavy atom. The fourth-order valence-electron chi connectivity index (χ4n) is 1.63. The first-order valence-corrected chi connectivity index (χ1v) is 6.71. The monoisotopic (exact) mass is 333 g/mol. The number of carbonyl (C=O) groups excluding carboxylic acids is 2. The number of hydrogen-bond acceptors (Lipinski definition) is 3. The second-order valence-corrected chi connectivity index (χ2v) is 5.03. The van der Waals surface area contributed by atoms with Crippen LogP contribution >= 0.6 is 15.9 Å². The molecule has 0 radical (unpaired) electrons. The van der Waals surface area contributed by atoms with Crippen molar-refractivity contribution in [1.29, 1.82) is 0 Å². The molecule has 0 aliphatic heterocycles. The number of benzene rings is 2. The minimum Gasteiger partial charge on any atom is -0.367 e. The average Bonchev–Trinajstić information content (AvgIpc) is 2.48. The lowest BCUT2D eigenvalue weighted by Crippen LogP contribution is -2.40. The summed E-state index contributed by atoms with van der Waals surface area (Å²) in [6.07, 6.45) is -1.56. The first-order valence-electron chi connectivity index (χ1n) is 5.91. The van der Waals surface area contributed by atoms with Gasteiger partial charge < -0.3 is 10.4 Å². The normalized spacial score (nSPS) is 11.7. The molecule has 0 heterocycles. The maximum Gasteiger partial charge on any atom is 0.253 e. The van der Waals surface area contributed by atoms with Crippen LogP contribution in [0.15, 0.2) is 59.1 Å². The highest BCUT2D eigenvalue weighted by atomic mass is 79.9. The standard InChI is InChI=1S/C15H12BrNO3/c16-12-8-6-11(7-9-12)14(19)17-15(20)13(18)10-4-2-1-3-5-10/h1-9,15,20H,(H,17,19)/t15-/m1/s1. The molecule has 0 aromatic heterocycles. The summed E-state index contributed by atoms with van der Waals surface area (Å²) in [5, 5.41) is 12.0. The summed E-state index contributed by atoms with van der Waals surface area (Å²) in [4.78, 5) is 23.8. The van der Waals surface area contributed by atoms with Crippen LogP contribution in [0.25, 0.3) is 0 Å². The van der Waals surface area contributed by atoms with Gasteiger partial charge in [0.05, 0.1) is 0 Å². The van der Waals surface area contributed by atoms with Crippen LogP contribution in [-0.2, 0) is 0 Å². The predicted molar refractivity (Wildman–Crippen MR) is 78.4 cm³/mol. The number of nitrogens with one attached hydrogen (secondary N) is 1. The van der Waals surface area contributed by atoms with Gasteiger partial charge in [-0.05, 0) is 24.3 Å². The lowest BCUT2D eigenvalue weighted by molar-refractivity contribution is 0.0607. The number of Topliss-reactive ketones (excluding diaryl/α,β-unsaturated/α-hetero) is 1. The maximum atomic E-state index is 11.9. The Kier molecular flexibility index (Phi) is 4.65. The third kappa shape index (κ3) is 3.53. The molecule has 1 atom stereocenters. The zero-order chi connectivity index (χ0) is 14.5. The van der Waals surface area contributed by atoms with E-state index in [4.69, 9.17) is 0 Å². The second kappa shape index (κ2) is 6.45. The topological polar surface area (TPSA) is 66.4 Å². The Hall–Kier alpha value is -1.98. The molecule has 2 aromatic rings. The Morgan fingerprint density at radius 2 is 1.55 bits per heavy atom. The largest absolute Gasteiger partial charge is 0.367 e. The van der Waals surface area contributed by atoms with Gasteiger partial charge in [0.25, 0.3) is 5.91 Å². The predicted octanol–water partition coefficient (Wildman–Crippen LogP) is 2.38. The fourth-order valence-corrected chi connectivity index (χ4v) is 1.90. The van der Waals surface area contributed by atoms with E-state index in [0.29, 0.717) is 11.1 Å². The van der Waals surface area contributed by atoms with Gasteiger partial charge in [0.2, 0.25) is 5.78 Å². The van der Waals surface area contributed by atoms with E-state index in [-0.39, 0.29) is 0 Å². The van der Waals surface area contributed by atoms with Crippen molar-refractivity contribution in [3.8, 4) is 0 Å². The minimum absolute atomic E-state index is 0.344. The molecule has 2 N–H and O–H groups in total. The maximum absolute atomic E-state index is 11.9. The quantitative estimate of drug-likeness (QED) is 0.666. The summed E-state index contributed by atoms with van der Waals surface area (Å²) in [6.45, 7) is 0. The Balaban J connectivity index is 2.04. The molecule has 0 fully saturated rings. The van der Waals surface area contributed by atoms with E-state index in [2.05, 4.69) is 21.2 Å². The molecule has 0 saturated carbocycles. The summed E-state index contributed by atoms with van der Waals surface area (Å²) in [6, 6.07) is 14.9. The van der Waals surface area contributed by atoms with E-state index in [1.807, 2.05) is 0 Å². The number of rotatable bonds is 4. The van der Waals surface area contributed by atoms with Crippen LogP contribution < -0.4 is 5.32 Å². The minimum atomic E-state index is -1.56. The number of aliphatic hydroxyl groups excluding tert-OH is 1. The van der Waals surface area contributed by atoms with Crippen molar-refractivity contribution in [3.05, 3.63) is 70.2 Å². The molecular weight excluding hydrogens is 322 g/mol. The molecule has 0 unspecified atom stereocenters. The number of ketones is 1. The molecule has 0 bridgehead atoms. The number of hydrogen-bond donors (Lipinski definition) is 2. The van der Waals surface area contributed by atoms with E-state index in [1.54, 1.807) is 54.6 Å². The van der Waals surface area contributed by atoms with Crippen molar-refractivity contribution in [2.24, 2.45) is 0 Å². The van der Waals surface area contributed by atoms with Gasteiger partial charge in [0, 0.05) is 15.6 Å². The Labute approximate surface area is 124 Å². The lowest BCUT2D eigenvalue weighted by atomic mass is 10.1. The van der Waals surface area contributed by atoms with Crippen molar-refractivity contribution < 1.29 is 14.7 Å². The van der Waals surface area contributed by atoms with Gasteiger partial charge in [-0.3, -0.25) is 9.59 Å². The van der Waals surface area contributed by atoms with Crippen molar-refractivity contribution in [2.75, 3.05) is 0 Å². The van der Waals surface area contributed by atoms with Gasteiger partial charge >= 0.3 is 0 Å². The van der Waals surface area contributed by atoms with Crippen molar-refractivity contribution >= 4 is 27.6 Å². The van der Waals surface area contributed by atoms with Gasteiger partial charge in [-0.1, -0.05) is 46.3 Å². The Bertz CT molecular complexity index is 611. The van der Waals surface area contributed by atoms with E-state index in [0.717, 1.165) is 4.47 Å². The van der Waals surface area contributed by atoms with Crippen LogP contribution in [-0.4, -0.2) is 23.0 Å². The molecule has 0 aliphatic carbocycles. The van der Waals surface area contributed by atoms with E-state index in [9.17, 15) is 14.7 Å². The van der Waals surface area contributed by atoms with E-state index in [1.165, 1.54) is 0 Å². The van der Waals surface area contributed by atoms with Crippen LogP contribution in [0.3, 0.4) is 0 Å². The van der Waals surface area contributed by atoms with Gasteiger partial charge in [-0.15, -0.1) is 0 Å². The number of aliphatic hydroxyl groups is 1. The first-order chi connectivity index (χ1) is 9.58. The number of carbonyl (C=O) groups is 2. The lowest BCUT2D eigenvalue weighted by Gasteiger charge is -2.12. The molecule has 0 saturated heterocycles. The highest BCUT2D eigenvalue weighted by molar-refractivity contribution is 9.10. The zero-order valence-corrected chi connectivity index (χ0v) is 12.0. The summed E-state index contributed by atoms with van der Waals surface area (Å²) in [5.41, 5.74) is 0.712. The Morgan fingerprint density at radius 3 is 2.15 bits per heavy atom. The van der Waals surface area contributed by atoms with Crippen LogP contribution in [0.1, 0.15) is 20.7 Å². The van der Waals surface area contributed by atoms with Gasteiger partial charge in [0.1, 0.15) is 0 Å². The summed E-state index contributed by atoms with van der Waals surface area (Å²) in [7, 11) is 0. The van der Waals surface area contributed by atoms with E-state index < -0.39 is 17.9 Å². The molecule has 102 valence electrons. The van der Waals surface area contributed by atoms with E-state index >= 15 is 0 Å². The number of halogens is 1. The van der Waals surface area contributed by atoms with Crippen molar-refractivity contribution in [2.45, 2.75) is 6.23 Å². The number of amides is 1. The molecule has 2 aromatic carbocycles. The molecule has 2 rings (SSSR count). The molecule has 4 nitrogen and oxygen atoms in total. The molecule has 5 heteroatoms. The van der Waals surface area contributed by atoms with Crippen LogP contribution in [0, 0.1) is 0 Å². The molecule has 0 aliphatic rings. The van der Waals surface area contributed by atoms with Crippen molar-refractivity contribution in [3.63, 3.8) is 0 Å². The SMILES string of the molecule is O=C(N[C@H](O)C(=O)c1ccccc1)c1ccc(Br)cc1. The zero-order valence-electron chi connectivity index (χ0n) is 10.4. The molecule has 0 spiro atoms. The third-order valence-corrected chi connectivity index (χ3v) is 3.21. The smallest absolute Gasteiger partial charge is 0.253 e. The highest BCUT2D eigenvalue weighted by Crippen LogP contribution is 2.10. The van der Waals surface area contributed by atoms with Crippen molar-refractivity contribution in [1.82, 2.24) is 5.32 Å². The highest BCUT2D eigenvalue weighted by Gasteiger charge is 2.19. The first kappa shape index (κ1) is 14.4. The average molecular weight is 334 g/mol.